The third kappa shape index (κ3) is 3.52. The fourth-order valence-electron chi connectivity index (χ4n) is 2.51. The summed E-state index contributed by atoms with van der Waals surface area (Å²) in [5.41, 5.74) is 0.389. The second kappa shape index (κ2) is 5.63. The molecule has 3 N–H and O–H groups in total. The lowest BCUT2D eigenvalue weighted by Gasteiger charge is -2.37. The molecule has 2 unspecified atom stereocenters. The summed E-state index contributed by atoms with van der Waals surface area (Å²) < 4.78 is 28.3. The Morgan fingerprint density at radius 2 is 1.90 bits per heavy atom. The fraction of sp³-hybridized carbons (Fsp3) is 0.462. The van der Waals surface area contributed by atoms with E-state index in [0.29, 0.717) is 18.8 Å². The van der Waals surface area contributed by atoms with Gasteiger partial charge in [0.2, 0.25) is 10.0 Å². The topological polar surface area (TPSA) is 110 Å². The number of primary sulfonamides is 1. The van der Waals surface area contributed by atoms with Crippen LogP contribution in [0.1, 0.15) is 24.2 Å². The van der Waals surface area contributed by atoms with Crippen molar-refractivity contribution in [1.29, 1.82) is 0 Å². The zero-order valence-electron chi connectivity index (χ0n) is 11.8. The summed E-state index contributed by atoms with van der Waals surface area (Å²) in [5.74, 6) is -1.19. The normalized spacial score (nSPS) is 23.1. The van der Waals surface area contributed by atoms with E-state index in [2.05, 4.69) is 0 Å². The number of benzene rings is 1. The monoisotopic (exact) mass is 314 g/mol. The molecule has 0 radical (unpaired) electrons. The Kier molecular flexibility index (Phi) is 4.22. The highest BCUT2D eigenvalue weighted by atomic mass is 32.2. The molecule has 2 atom stereocenters. The Morgan fingerprint density at radius 1 is 1.33 bits per heavy atom. The van der Waals surface area contributed by atoms with Gasteiger partial charge in [-0.25, -0.2) is 18.4 Å². The Bertz CT molecular complexity index is 649. The third-order valence-corrected chi connectivity index (χ3v) is 4.20. The second-order valence-electron chi connectivity index (χ2n) is 5.19. The number of carboxylic acid groups (broad SMARTS) is 1. The van der Waals surface area contributed by atoms with Gasteiger partial charge in [0.05, 0.1) is 28.4 Å². The van der Waals surface area contributed by atoms with Crippen LogP contribution in [0.25, 0.3) is 0 Å². The maximum absolute atomic E-state index is 11.4. The minimum Gasteiger partial charge on any atom is -0.478 e. The second-order valence-corrected chi connectivity index (χ2v) is 6.75. The molecule has 1 aliphatic rings. The van der Waals surface area contributed by atoms with Crippen LogP contribution in [0.5, 0.6) is 0 Å². The van der Waals surface area contributed by atoms with Crippen LogP contribution >= 0.6 is 0 Å². The lowest BCUT2D eigenvalue weighted by Crippen LogP contribution is -2.46. The van der Waals surface area contributed by atoms with Crippen molar-refractivity contribution in [2.24, 2.45) is 5.14 Å². The predicted octanol–water partition coefficient (Wildman–Crippen LogP) is 0.646. The summed E-state index contributed by atoms with van der Waals surface area (Å²) in [6.45, 7) is 4.89. The van der Waals surface area contributed by atoms with Gasteiger partial charge in [-0.15, -0.1) is 0 Å². The minimum atomic E-state index is -3.93. The first-order valence-electron chi connectivity index (χ1n) is 6.49. The third-order valence-electron chi connectivity index (χ3n) is 3.29. The molecule has 1 aliphatic heterocycles. The molecule has 0 bridgehead atoms. The number of hydrogen-bond donors (Lipinski definition) is 2. The van der Waals surface area contributed by atoms with Gasteiger partial charge < -0.3 is 14.7 Å². The number of carbonyl (C=O) groups is 1. The largest absolute Gasteiger partial charge is 0.478 e. The lowest BCUT2D eigenvalue weighted by atomic mass is 10.1. The Hall–Kier alpha value is -1.64. The number of nitrogens with zero attached hydrogens (tertiary/aromatic N) is 1. The van der Waals surface area contributed by atoms with Crippen molar-refractivity contribution >= 4 is 21.7 Å². The van der Waals surface area contributed by atoms with Crippen molar-refractivity contribution < 1.29 is 23.1 Å². The number of nitrogens with two attached hydrogens (primary N) is 1. The average molecular weight is 314 g/mol. The predicted molar refractivity (Wildman–Crippen MR) is 77.0 cm³/mol. The van der Waals surface area contributed by atoms with Gasteiger partial charge in [-0.05, 0) is 32.0 Å². The number of hydrogen-bond acceptors (Lipinski definition) is 5. The van der Waals surface area contributed by atoms with Crippen LogP contribution in [0.4, 0.5) is 5.69 Å². The Balaban J connectivity index is 2.46. The van der Waals surface area contributed by atoms with E-state index in [1.807, 2.05) is 18.7 Å². The van der Waals surface area contributed by atoms with E-state index in [4.69, 9.17) is 9.88 Å². The molecule has 1 saturated heterocycles. The molecule has 21 heavy (non-hydrogen) atoms. The summed E-state index contributed by atoms with van der Waals surface area (Å²) in [6, 6.07) is 3.90. The molecule has 1 aromatic carbocycles. The molecule has 0 spiro atoms. The first kappa shape index (κ1) is 15.7. The molecule has 0 amide bonds. The Labute approximate surface area is 123 Å². The first-order valence-corrected chi connectivity index (χ1v) is 8.03. The van der Waals surface area contributed by atoms with Gasteiger partial charge in [0.1, 0.15) is 0 Å². The number of anilines is 1. The molecule has 8 heteroatoms. The van der Waals surface area contributed by atoms with Crippen LogP contribution in [0.3, 0.4) is 0 Å². The van der Waals surface area contributed by atoms with E-state index in [1.54, 1.807) is 0 Å². The molecule has 116 valence electrons. The molecule has 1 heterocycles. The van der Waals surface area contributed by atoms with Gasteiger partial charge in [-0.2, -0.15) is 0 Å². The van der Waals surface area contributed by atoms with Gasteiger partial charge >= 0.3 is 5.97 Å². The summed E-state index contributed by atoms with van der Waals surface area (Å²) in [4.78, 5) is 13.1. The molecular weight excluding hydrogens is 296 g/mol. The van der Waals surface area contributed by atoms with E-state index in [-0.39, 0.29) is 22.7 Å². The number of rotatable bonds is 3. The molecule has 1 fully saturated rings. The van der Waals surface area contributed by atoms with Gasteiger partial charge in [0.25, 0.3) is 0 Å². The van der Waals surface area contributed by atoms with Crippen LogP contribution < -0.4 is 10.0 Å². The van der Waals surface area contributed by atoms with Gasteiger partial charge in [-0.1, -0.05) is 0 Å². The quantitative estimate of drug-likeness (QED) is 0.847. The first-order chi connectivity index (χ1) is 9.68. The van der Waals surface area contributed by atoms with E-state index in [9.17, 15) is 18.3 Å². The smallest absolute Gasteiger partial charge is 0.337 e. The molecule has 0 aromatic heterocycles. The van der Waals surface area contributed by atoms with Crippen LogP contribution in [0.15, 0.2) is 23.1 Å². The number of morpholine rings is 1. The fourth-order valence-corrected chi connectivity index (χ4v) is 3.05. The Morgan fingerprint density at radius 3 is 2.38 bits per heavy atom. The molecular formula is C13H18N2O5S. The number of sulfonamides is 1. The summed E-state index contributed by atoms with van der Waals surface area (Å²) in [7, 11) is -3.93. The van der Waals surface area contributed by atoms with Crippen molar-refractivity contribution in [3.8, 4) is 0 Å². The summed E-state index contributed by atoms with van der Waals surface area (Å²) in [5, 5.41) is 14.4. The zero-order valence-corrected chi connectivity index (χ0v) is 12.6. The molecule has 0 aliphatic carbocycles. The minimum absolute atomic E-state index is 0.0340. The van der Waals surface area contributed by atoms with Crippen LogP contribution in [-0.4, -0.2) is 44.8 Å². The van der Waals surface area contributed by atoms with Crippen molar-refractivity contribution in [1.82, 2.24) is 0 Å². The molecule has 0 saturated carbocycles. The van der Waals surface area contributed by atoms with Crippen molar-refractivity contribution in [3.05, 3.63) is 23.8 Å². The number of aromatic carboxylic acids is 1. The maximum atomic E-state index is 11.4. The van der Waals surface area contributed by atoms with E-state index in [1.165, 1.54) is 12.1 Å². The van der Waals surface area contributed by atoms with Crippen LogP contribution in [0.2, 0.25) is 0 Å². The van der Waals surface area contributed by atoms with Crippen LogP contribution in [-0.2, 0) is 14.8 Å². The molecule has 2 rings (SSSR count). The van der Waals surface area contributed by atoms with Crippen LogP contribution in [0, 0.1) is 0 Å². The van der Waals surface area contributed by atoms with E-state index >= 15 is 0 Å². The summed E-state index contributed by atoms with van der Waals surface area (Å²) in [6.07, 6.45) is -0.0679. The van der Waals surface area contributed by atoms with E-state index in [0.717, 1.165) is 6.07 Å². The molecule has 7 nitrogen and oxygen atoms in total. The van der Waals surface area contributed by atoms with Gasteiger partial charge in [0.15, 0.2) is 0 Å². The maximum Gasteiger partial charge on any atom is 0.337 e. The number of ether oxygens (including phenoxy) is 1. The lowest BCUT2D eigenvalue weighted by molar-refractivity contribution is -0.00532. The van der Waals surface area contributed by atoms with Crippen molar-refractivity contribution in [3.63, 3.8) is 0 Å². The van der Waals surface area contributed by atoms with Gasteiger partial charge in [-0.3, -0.25) is 0 Å². The highest BCUT2D eigenvalue weighted by molar-refractivity contribution is 7.89. The SMILES string of the molecule is CC1CN(c2ccc(S(N)(=O)=O)cc2C(=O)O)CC(C)O1. The average Bonchev–Trinajstić information content (AvgIpc) is 2.35. The zero-order chi connectivity index (χ0) is 15.8. The highest BCUT2D eigenvalue weighted by Gasteiger charge is 2.26. The van der Waals surface area contributed by atoms with Gasteiger partial charge in [0, 0.05) is 13.1 Å². The highest BCUT2D eigenvalue weighted by Crippen LogP contribution is 2.27. The van der Waals surface area contributed by atoms with Crippen molar-refractivity contribution in [2.45, 2.75) is 31.0 Å². The molecule has 1 aromatic rings. The standard InChI is InChI=1S/C13H18N2O5S/c1-8-6-15(7-9(2)20-8)12-4-3-10(21(14,18)19)5-11(12)13(16)17/h3-5,8-9H,6-7H2,1-2H3,(H,16,17)(H2,14,18,19). The summed E-state index contributed by atoms with van der Waals surface area (Å²) >= 11 is 0. The van der Waals surface area contributed by atoms with Crippen molar-refractivity contribution in [2.75, 3.05) is 18.0 Å². The van der Waals surface area contributed by atoms with E-state index < -0.39 is 16.0 Å². The number of carboxylic acids is 1.